The maximum absolute atomic E-state index is 11.7. The van der Waals surface area contributed by atoms with E-state index in [2.05, 4.69) is 17.0 Å². The van der Waals surface area contributed by atoms with E-state index in [1.165, 1.54) is 4.68 Å². The Morgan fingerprint density at radius 2 is 2.00 bits per heavy atom. The third kappa shape index (κ3) is 3.03. The number of aromatic nitrogens is 3. The van der Waals surface area contributed by atoms with Crippen LogP contribution < -0.4 is 5.56 Å². The number of pyridine rings is 1. The Hall–Kier alpha value is -1.97. The smallest absolute Gasteiger partial charge is 0.266 e. The largest absolute Gasteiger partial charge is 0.268 e. The van der Waals surface area contributed by atoms with Crippen molar-refractivity contribution in [2.45, 2.75) is 32.7 Å². The van der Waals surface area contributed by atoms with E-state index in [0.717, 1.165) is 30.7 Å². The Kier molecular flexibility index (Phi) is 4.23. The standard InChI is InChI=1S/C14H17N3O/c1-2-3-6-11-17-14(18)9-8-13(16-17)12-7-4-5-10-15-12/h4-5,7-10H,2-3,6,11H2,1H3. The summed E-state index contributed by atoms with van der Waals surface area (Å²) in [7, 11) is 0. The third-order valence-corrected chi connectivity index (χ3v) is 2.77. The van der Waals surface area contributed by atoms with Gasteiger partial charge in [-0.2, -0.15) is 5.10 Å². The van der Waals surface area contributed by atoms with Gasteiger partial charge in [0.15, 0.2) is 0 Å². The fourth-order valence-corrected chi connectivity index (χ4v) is 1.77. The summed E-state index contributed by atoms with van der Waals surface area (Å²) in [5.41, 5.74) is 1.49. The van der Waals surface area contributed by atoms with E-state index < -0.39 is 0 Å². The van der Waals surface area contributed by atoms with Gasteiger partial charge in [-0.05, 0) is 24.6 Å². The van der Waals surface area contributed by atoms with Crippen LogP contribution in [0.25, 0.3) is 11.4 Å². The minimum Gasteiger partial charge on any atom is -0.268 e. The van der Waals surface area contributed by atoms with Gasteiger partial charge in [0.05, 0.1) is 5.69 Å². The van der Waals surface area contributed by atoms with Crippen LogP contribution in [0.1, 0.15) is 26.2 Å². The van der Waals surface area contributed by atoms with E-state index in [9.17, 15) is 4.79 Å². The Labute approximate surface area is 106 Å². The second-order valence-corrected chi connectivity index (χ2v) is 4.20. The highest BCUT2D eigenvalue weighted by molar-refractivity contribution is 5.52. The SMILES string of the molecule is CCCCCn1nc(-c2ccccn2)ccc1=O. The molecule has 0 N–H and O–H groups in total. The zero-order chi connectivity index (χ0) is 12.8. The summed E-state index contributed by atoms with van der Waals surface area (Å²) in [6.45, 7) is 2.81. The number of rotatable bonds is 5. The Morgan fingerprint density at radius 3 is 2.72 bits per heavy atom. The van der Waals surface area contributed by atoms with E-state index in [1.54, 1.807) is 18.3 Å². The van der Waals surface area contributed by atoms with Crippen molar-refractivity contribution in [3.05, 3.63) is 46.9 Å². The molecule has 0 saturated carbocycles. The van der Waals surface area contributed by atoms with Crippen molar-refractivity contribution >= 4 is 0 Å². The lowest BCUT2D eigenvalue weighted by Crippen LogP contribution is -2.22. The predicted molar refractivity (Wildman–Crippen MR) is 71.3 cm³/mol. The van der Waals surface area contributed by atoms with E-state index in [1.807, 2.05) is 18.2 Å². The fourth-order valence-electron chi connectivity index (χ4n) is 1.77. The molecule has 0 aliphatic heterocycles. The molecule has 0 aliphatic carbocycles. The van der Waals surface area contributed by atoms with E-state index in [-0.39, 0.29) is 5.56 Å². The van der Waals surface area contributed by atoms with Crippen molar-refractivity contribution in [3.63, 3.8) is 0 Å². The second kappa shape index (κ2) is 6.10. The Morgan fingerprint density at radius 1 is 1.11 bits per heavy atom. The molecule has 4 heteroatoms. The number of hydrogen-bond donors (Lipinski definition) is 0. The van der Waals surface area contributed by atoms with Gasteiger partial charge in [0, 0.05) is 18.8 Å². The molecule has 0 aliphatic rings. The van der Waals surface area contributed by atoms with Gasteiger partial charge in [-0.1, -0.05) is 25.8 Å². The summed E-state index contributed by atoms with van der Waals surface area (Å²) in [5, 5.41) is 4.36. The van der Waals surface area contributed by atoms with Crippen LogP contribution in [0, 0.1) is 0 Å². The molecule has 0 atom stereocenters. The van der Waals surface area contributed by atoms with Crippen LogP contribution >= 0.6 is 0 Å². The first-order chi connectivity index (χ1) is 8.81. The van der Waals surface area contributed by atoms with Crippen molar-refractivity contribution in [2.75, 3.05) is 0 Å². The van der Waals surface area contributed by atoms with Gasteiger partial charge in [0.2, 0.25) is 0 Å². The lowest BCUT2D eigenvalue weighted by molar-refractivity contribution is 0.530. The van der Waals surface area contributed by atoms with Crippen molar-refractivity contribution in [1.82, 2.24) is 14.8 Å². The number of hydrogen-bond acceptors (Lipinski definition) is 3. The van der Waals surface area contributed by atoms with E-state index in [4.69, 9.17) is 0 Å². The molecule has 0 bridgehead atoms. The molecule has 18 heavy (non-hydrogen) atoms. The summed E-state index contributed by atoms with van der Waals surface area (Å²) in [6, 6.07) is 8.95. The summed E-state index contributed by atoms with van der Waals surface area (Å²) < 4.78 is 1.53. The number of nitrogens with zero attached hydrogens (tertiary/aromatic N) is 3. The monoisotopic (exact) mass is 243 g/mol. The van der Waals surface area contributed by atoms with Gasteiger partial charge in [0.1, 0.15) is 5.69 Å². The summed E-state index contributed by atoms with van der Waals surface area (Å²) in [4.78, 5) is 15.9. The van der Waals surface area contributed by atoms with Crippen LogP contribution in [-0.4, -0.2) is 14.8 Å². The molecule has 94 valence electrons. The Balaban J connectivity index is 2.24. The van der Waals surface area contributed by atoms with Crippen LogP contribution in [0.15, 0.2) is 41.3 Å². The molecule has 0 saturated heterocycles. The summed E-state index contributed by atoms with van der Waals surface area (Å²) in [5.74, 6) is 0. The number of aryl methyl sites for hydroxylation is 1. The highest BCUT2D eigenvalue weighted by Crippen LogP contribution is 2.10. The number of unbranched alkanes of at least 4 members (excludes halogenated alkanes) is 2. The lowest BCUT2D eigenvalue weighted by Gasteiger charge is -2.06. The van der Waals surface area contributed by atoms with Crippen molar-refractivity contribution in [2.24, 2.45) is 0 Å². The molecule has 2 rings (SSSR count). The van der Waals surface area contributed by atoms with Gasteiger partial charge < -0.3 is 0 Å². The molecule has 0 radical (unpaired) electrons. The quantitative estimate of drug-likeness (QED) is 0.758. The van der Waals surface area contributed by atoms with Gasteiger partial charge in [-0.15, -0.1) is 0 Å². The van der Waals surface area contributed by atoms with E-state index >= 15 is 0 Å². The zero-order valence-electron chi connectivity index (χ0n) is 10.5. The fraction of sp³-hybridized carbons (Fsp3) is 0.357. The van der Waals surface area contributed by atoms with Crippen LogP contribution in [0.2, 0.25) is 0 Å². The first kappa shape index (κ1) is 12.5. The topological polar surface area (TPSA) is 47.8 Å². The first-order valence-electron chi connectivity index (χ1n) is 6.31. The second-order valence-electron chi connectivity index (χ2n) is 4.20. The Bertz CT molecular complexity index is 548. The van der Waals surface area contributed by atoms with Crippen LogP contribution in [0.5, 0.6) is 0 Å². The van der Waals surface area contributed by atoms with Crippen molar-refractivity contribution in [1.29, 1.82) is 0 Å². The molecular formula is C14H17N3O. The zero-order valence-corrected chi connectivity index (χ0v) is 10.5. The highest BCUT2D eigenvalue weighted by atomic mass is 16.1. The van der Waals surface area contributed by atoms with Crippen LogP contribution in [0.3, 0.4) is 0 Å². The molecule has 0 unspecified atom stereocenters. The molecule has 2 aromatic heterocycles. The van der Waals surface area contributed by atoms with Gasteiger partial charge in [-0.3, -0.25) is 9.78 Å². The normalized spacial score (nSPS) is 10.5. The van der Waals surface area contributed by atoms with Crippen molar-refractivity contribution in [3.8, 4) is 11.4 Å². The van der Waals surface area contributed by atoms with Gasteiger partial charge in [-0.25, -0.2) is 4.68 Å². The minimum absolute atomic E-state index is 0.0502. The maximum Gasteiger partial charge on any atom is 0.266 e. The average Bonchev–Trinajstić information content (AvgIpc) is 2.42. The molecule has 0 aromatic carbocycles. The maximum atomic E-state index is 11.7. The van der Waals surface area contributed by atoms with Crippen LogP contribution in [-0.2, 0) is 6.54 Å². The average molecular weight is 243 g/mol. The molecule has 4 nitrogen and oxygen atoms in total. The van der Waals surface area contributed by atoms with Crippen LogP contribution in [0.4, 0.5) is 0 Å². The molecule has 0 amide bonds. The predicted octanol–water partition coefficient (Wildman–Crippen LogP) is 2.50. The molecule has 2 aromatic rings. The van der Waals surface area contributed by atoms with Gasteiger partial charge >= 0.3 is 0 Å². The molecule has 0 spiro atoms. The van der Waals surface area contributed by atoms with E-state index in [0.29, 0.717) is 6.54 Å². The minimum atomic E-state index is -0.0502. The molecular weight excluding hydrogens is 226 g/mol. The molecule has 2 heterocycles. The third-order valence-electron chi connectivity index (χ3n) is 2.77. The lowest BCUT2D eigenvalue weighted by atomic mass is 10.2. The highest BCUT2D eigenvalue weighted by Gasteiger charge is 2.03. The van der Waals surface area contributed by atoms with Gasteiger partial charge in [0.25, 0.3) is 5.56 Å². The molecule has 0 fully saturated rings. The summed E-state index contributed by atoms with van der Waals surface area (Å²) >= 11 is 0. The summed E-state index contributed by atoms with van der Waals surface area (Å²) in [6.07, 6.45) is 4.95. The van der Waals surface area contributed by atoms with Crippen molar-refractivity contribution < 1.29 is 0 Å². The first-order valence-corrected chi connectivity index (χ1v) is 6.31.